The Morgan fingerprint density at radius 2 is 1.53 bits per heavy atom. The zero-order chi connectivity index (χ0) is 23.3. The highest BCUT2D eigenvalue weighted by Gasteiger charge is 2.27. The van der Waals surface area contributed by atoms with Crippen LogP contribution in [0.15, 0.2) is 66.9 Å². The molecule has 1 fully saturated rings. The Kier molecular flexibility index (Phi) is 7.00. The summed E-state index contributed by atoms with van der Waals surface area (Å²) in [4.78, 5) is 20.6. The summed E-state index contributed by atoms with van der Waals surface area (Å²) in [5, 5.41) is 0. The number of piperazine rings is 1. The molecule has 0 spiro atoms. The third-order valence-electron chi connectivity index (χ3n) is 7.31. The third-order valence-corrected chi connectivity index (χ3v) is 7.31. The number of hydrogen-bond donors (Lipinski definition) is 0. The number of carbonyl (C=O) groups excluding carboxylic acids is 1. The molecule has 1 amide bonds. The van der Waals surface area contributed by atoms with Crippen molar-refractivity contribution in [2.24, 2.45) is 0 Å². The van der Waals surface area contributed by atoms with Crippen LogP contribution in [-0.2, 0) is 13.0 Å². The zero-order valence-corrected chi connectivity index (χ0v) is 20.3. The van der Waals surface area contributed by atoms with Crippen LogP contribution >= 0.6 is 0 Å². The average Bonchev–Trinajstić information content (AvgIpc) is 3.07. The van der Waals surface area contributed by atoms with Gasteiger partial charge in [0, 0.05) is 63.4 Å². The van der Waals surface area contributed by atoms with Crippen LogP contribution in [0.1, 0.15) is 40.0 Å². The number of hydrogen-bond acceptors (Lipinski definition) is 3. The first kappa shape index (κ1) is 22.7. The molecule has 1 saturated heterocycles. The lowest BCUT2D eigenvalue weighted by molar-refractivity contribution is 0.0752. The Morgan fingerprint density at radius 3 is 2.26 bits per heavy atom. The standard InChI is InChI=1S/C29H36N4O/c1-24-22-33(23-25-10-4-2-5-11-25)27-14-8-16-32(29(34)28(24)27)17-9-15-30-18-20-31(21-19-30)26-12-6-3-7-13-26/h2-7,10-13,22H,8-9,14-21,23H2,1H3. The fourth-order valence-electron chi connectivity index (χ4n) is 5.49. The minimum absolute atomic E-state index is 0.228. The van der Waals surface area contributed by atoms with E-state index in [0.717, 1.165) is 82.7 Å². The first-order valence-corrected chi connectivity index (χ1v) is 12.7. The third kappa shape index (κ3) is 5.05. The summed E-state index contributed by atoms with van der Waals surface area (Å²) in [5.41, 5.74) is 5.87. The predicted molar refractivity (Wildman–Crippen MR) is 139 cm³/mol. The van der Waals surface area contributed by atoms with Crippen molar-refractivity contribution in [1.29, 1.82) is 0 Å². The number of amides is 1. The van der Waals surface area contributed by atoms with Gasteiger partial charge in [0.15, 0.2) is 0 Å². The van der Waals surface area contributed by atoms with Gasteiger partial charge < -0.3 is 14.4 Å². The van der Waals surface area contributed by atoms with Crippen LogP contribution in [0.3, 0.4) is 0 Å². The van der Waals surface area contributed by atoms with E-state index in [9.17, 15) is 4.79 Å². The number of fused-ring (bicyclic) bond motifs is 1. The van der Waals surface area contributed by atoms with E-state index in [-0.39, 0.29) is 5.91 Å². The molecule has 0 unspecified atom stereocenters. The first-order chi connectivity index (χ1) is 16.7. The normalized spacial score (nSPS) is 17.0. The monoisotopic (exact) mass is 456 g/mol. The molecule has 0 saturated carbocycles. The van der Waals surface area contributed by atoms with Crippen LogP contribution in [0.4, 0.5) is 5.69 Å². The molecule has 3 aromatic rings. The lowest BCUT2D eigenvalue weighted by Crippen LogP contribution is -2.47. The highest BCUT2D eigenvalue weighted by molar-refractivity contribution is 5.97. The van der Waals surface area contributed by atoms with Gasteiger partial charge in [-0.2, -0.15) is 0 Å². The van der Waals surface area contributed by atoms with Gasteiger partial charge in [-0.3, -0.25) is 9.69 Å². The number of para-hydroxylation sites is 1. The van der Waals surface area contributed by atoms with Crippen molar-refractivity contribution in [2.75, 3.05) is 50.7 Å². The molecule has 2 aliphatic heterocycles. The Hall–Kier alpha value is -3.05. The zero-order valence-electron chi connectivity index (χ0n) is 20.3. The number of benzene rings is 2. The molecule has 1 aromatic heterocycles. The quantitative estimate of drug-likeness (QED) is 0.527. The van der Waals surface area contributed by atoms with Crippen molar-refractivity contribution in [3.05, 3.63) is 89.2 Å². The Labute approximate surface area is 203 Å². The SMILES string of the molecule is Cc1cn(Cc2ccccc2)c2c1C(=O)N(CCCN1CCN(c3ccccc3)CC1)CCC2. The maximum absolute atomic E-state index is 13.5. The highest BCUT2D eigenvalue weighted by atomic mass is 16.2. The second-order valence-corrected chi connectivity index (χ2v) is 9.66. The minimum atomic E-state index is 0.228. The summed E-state index contributed by atoms with van der Waals surface area (Å²) in [6.07, 6.45) is 5.22. The van der Waals surface area contributed by atoms with Gasteiger partial charge in [-0.25, -0.2) is 0 Å². The van der Waals surface area contributed by atoms with E-state index in [4.69, 9.17) is 0 Å². The molecule has 2 aromatic carbocycles. The molecule has 178 valence electrons. The van der Waals surface area contributed by atoms with Crippen molar-refractivity contribution in [1.82, 2.24) is 14.4 Å². The molecular weight excluding hydrogens is 420 g/mol. The summed E-state index contributed by atoms with van der Waals surface area (Å²) >= 11 is 0. The molecule has 5 nitrogen and oxygen atoms in total. The Morgan fingerprint density at radius 1 is 0.824 bits per heavy atom. The number of nitrogens with zero attached hydrogens (tertiary/aromatic N) is 4. The van der Waals surface area contributed by atoms with Gasteiger partial charge in [0.05, 0.1) is 5.56 Å². The van der Waals surface area contributed by atoms with Gasteiger partial charge in [-0.05, 0) is 56.0 Å². The van der Waals surface area contributed by atoms with Crippen LogP contribution in [0.25, 0.3) is 0 Å². The lowest BCUT2D eigenvalue weighted by atomic mass is 10.1. The van der Waals surface area contributed by atoms with E-state index < -0.39 is 0 Å². The summed E-state index contributed by atoms with van der Waals surface area (Å²) < 4.78 is 2.30. The van der Waals surface area contributed by atoms with Crippen LogP contribution in [0, 0.1) is 6.92 Å². The number of aryl methyl sites for hydroxylation is 1. The molecule has 3 heterocycles. The van der Waals surface area contributed by atoms with Crippen molar-refractivity contribution < 1.29 is 4.79 Å². The minimum Gasteiger partial charge on any atom is -0.369 e. The molecule has 5 heteroatoms. The van der Waals surface area contributed by atoms with Gasteiger partial charge in [0.2, 0.25) is 0 Å². The summed E-state index contributed by atoms with van der Waals surface area (Å²) in [6.45, 7) is 10.0. The fourth-order valence-corrected chi connectivity index (χ4v) is 5.49. The van der Waals surface area contributed by atoms with Gasteiger partial charge in [-0.1, -0.05) is 48.5 Å². The number of aromatic nitrogens is 1. The molecule has 34 heavy (non-hydrogen) atoms. The average molecular weight is 457 g/mol. The number of rotatable bonds is 7. The summed E-state index contributed by atoms with van der Waals surface area (Å²) in [7, 11) is 0. The Balaban J connectivity index is 1.16. The molecule has 0 aliphatic carbocycles. The molecular formula is C29H36N4O. The smallest absolute Gasteiger partial charge is 0.255 e. The summed E-state index contributed by atoms with van der Waals surface area (Å²) in [5.74, 6) is 0.228. The van der Waals surface area contributed by atoms with Gasteiger partial charge in [-0.15, -0.1) is 0 Å². The fraction of sp³-hybridized carbons (Fsp3) is 0.414. The van der Waals surface area contributed by atoms with Crippen molar-refractivity contribution >= 4 is 11.6 Å². The number of carbonyl (C=O) groups is 1. The topological polar surface area (TPSA) is 31.7 Å². The summed E-state index contributed by atoms with van der Waals surface area (Å²) in [6, 6.07) is 21.2. The van der Waals surface area contributed by atoms with E-state index in [1.807, 2.05) is 0 Å². The van der Waals surface area contributed by atoms with Crippen molar-refractivity contribution in [3.8, 4) is 0 Å². The van der Waals surface area contributed by atoms with Gasteiger partial charge in [0.1, 0.15) is 0 Å². The van der Waals surface area contributed by atoms with Crippen LogP contribution in [0.5, 0.6) is 0 Å². The van der Waals surface area contributed by atoms with Gasteiger partial charge in [0.25, 0.3) is 5.91 Å². The molecule has 2 aliphatic rings. The highest BCUT2D eigenvalue weighted by Crippen LogP contribution is 2.25. The van der Waals surface area contributed by atoms with Crippen LogP contribution < -0.4 is 4.90 Å². The van der Waals surface area contributed by atoms with Gasteiger partial charge >= 0.3 is 0 Å². The second kappa shape index (κ2) is 10.5. The largest absolute Gasteiger partial charge is 0.369 e. The van der Waals surface area contributed by atoms with Crippen LogP contribution in [0.2, 0.25) is 0 Å². The second-order valence-electron chi connectivity index (χ2n) is 9.66. The number of anilines is 1. The molecule has 5 rings (SSSR count). The maximum Gasteiger partial charge on any atom is 0.255 e. The molecule has 0 radical (unpaired) electrons. The maximum atomic E-state index is 13.5. The van der Waals surface area contributed by atoms with Crippen molar-refractivity contribution in [3.63, 3.8) is 0 Å². The van der Waals surface area contributed by atoms with E-state index >= 15 is 0 Å². The lowest BCUT2D eigenvalue weighted by Gasteiger charge is -2.36. The Bertz CT molecular complexity index is 1080. The molecule has 0 bridgehead atoms. The predicted octanol–water partition coefficient (Wildman–Crippen LogP) is 4.45. The first-order valence-electron chi connectivity index (χ1n) is 12.7. The van der Waals surface area contributed by atoms with Crippen molar-refractivity contribution in [2.45, 2.75) is 32.7 Å². The van der Waals surface area contributed by atoms with E-state index in [0.29, 0.717) is 0 Å². The van der Waals surface area contributed by atoms with E-state index in [1.165, 1.54) is 16.9 Å². The van der Waals surface area contributed by atoms with Crippen LogP contribution in [-0.4, -0.2) is 66.1 Å². The molecule has 0 atom stereocenters. The van der Waals surface area contributed by atoms with E-state index in [2.05, 4.69) is 93.1 Å². The van der Waals surface area contributed by atoms with E-state index in [1.54, 1.807) is 0 Å². The molecule has 0 N–H and O–H groups in total.